The molecule has 0 spiro atoms. The van der Waals surface area contributed by atoms with Gasteiger partial charge in [0.1, 0.15) is 0 Å². The van der Waals surface area contributed by atoms with Gasteiger partial charge in [0, 0.05) is 30.4 Å². The van der Waals surface area contributed by atoms with E-state index in [1.807, 2.05) is 43.9 Å². The standard InChI is InChI=1S/C16H23N3O2/c1-11(2)17-10-15(20)18-13-6-7-14(12(3)9-13)19-8-4-5-16(19)21/h6-7,9,11,17H,4-5,8,10H2,1-3H3,(H,18,20). The first-order valence-electron chi connectivity index (χ1n) is 7.41. The molecule has 0 aliphatic carbocycles. The van der Waals surface area contributed by atoms with E-state index in [0.717, 1.165) is 29.9 Å². The maximum absolute atomic E-state index is 11.8. The second kappa shape index (κ2) is 6.72. The molecule has 5 nitrogen and oxygen atoms in total. The first-order chi connectivity index (χ1) is 9.97. The number of rotatable bonds is 5. The molecule has 1 fully saturated rings. The Bertz CT molecular complexity index is 540. The summed E-state index contributed by atoms with van der Waals surface area (Å²) in [4.78, 5) is 25.4. The number of hydrogen-bond donors (Lipinski definition) is 2. The van der Waals surface area contributed by atoms with Crippen LogP contribution >= 0.6 is 0 Å². The first kappa shape index (κ1) is 15.5. The van der Waals surface area contributed by atoms with E-state index in [2.05, 4.69) is 10.6 Å². The Morgan fingerprint density at radius 2 is 2.14 bits per heavy atom. The van der Waals surface area contributed by atoms with Crippen molar-refractivity contribution in [3.63, 3.8) is 0 Å². The monoisotopic (exact) mass is 289 g/mol. The number of hydrogen-bond acceptors (Lipinski definition) is 3. The summed E-state index contributed by atoms with van der Waals surface area (Å²) >= 11 is 0. The second-order valence-corrected chi connectivity index (χ2v) is 5.73. The van der Waals surface area contributed by atoms with Gasteiger partial charge in [-0.05, 0) is 37.1 Å². The maximum Gasteiger partial charge on any atom is 0.238 e. The van der Waals surface area contributed by atoms with Crippen LogP contribution in [-0.4, -0.2) is 30.9 Å². The Hall–Kier alpha value is -1.88. The van der Waals surface area contributed by atoms with Gasteiger partial charge in [0.15, 0.2) is 0 Å². The quantitative estimate of drug-likeness (QED) is 0.872. The minimum atomic E-state index is -0.0619. The van der Waals surface area contributed by atoms with E-state index in [-0.39, 0.29) is 17.9 Å². The van der Waals surface area contributed by atoms with E-state index >= 15 is 0 Å². The van der Waals surface area contributed by atoms with Crippen molar-refractivity contribution in [1.29, 1.82) is 0 Å². The Morgan fingerprint density at radius 1 is 1.38 bits per heavy atom. The average Bonchev–Trinajstić information content (AvgIpc) is 2.83. The second-order valence-electron chi connectivity index (χ2n) is 5.73. The summed E-state index contributed by atoms with van der Waals surface area (Å²) in [5.41, 5.74) is 2.70. The highest BCUT2D eigenvalue weighted by atomic mass is 16.2. The fourth-order valence-corrected chi connectivity index (χ4v) is 2.44. The van der Waals surface area contributed by atoms with Gasteiger partial charge in [0.25, 0.3) is 0 Å². The Morgan fingerprint density at radius 3 is 2.71 bits per heavy atom. The molecular formula is C16H23N3O2. The fourth-order valence-electron chi connectivity index (χ4n) is 2.44. The molecule has 2 N–H and O–H groups in total. The molecule has 0 saturated carbocycles. The first-order valence-corrected chi connectivity index (χ1v) is 7.41. The van der Waals surface area contributed by atoms with Crippen LogP contribution in [0.5, 0.6) is 0 Å². The lowest BCUT2D eigenvalue weighted by atomic mass is 10.1. The number of nitrogens with zero attached hydrogens (tertiary/aromatic N) is 1. The van der Waals surface area contributed by atoms with Crippen LogP contribution in [0.3, 0.4) is 0 Å². The van der Waals surface area contributed by atoms with Crippen LogP contribution in [0, 0.1) is 6.92 Å². The van der Waals surface area contributed by atoms with E-state index in [1.54, 1.807) is 0 Å². The molecule has 0 bridgehead atoms. The van der Waals surface area contributed by atoms with Gasteiger partial charge >= 0.3 is 0 Å². The topological polar surface area (TPSA) is 61.4 Å². The Kier molecular flexibility index (Phi) is 4.96. The van der Waals surface area contributed by atoms with Crippen molar-refractivity contribution < 1.29 is 9.59 Å². The minimum Gasteiger partial charge on any atom is -0.325 e. The molecule has 0 atom stereocenters. The van der Waals surface area contributed by atoms with Crippen molar-refractivity contribution >= 4 is 23.2 Å². The molecule has 5 heteroatoms. The van der Waals surface area contributed by atoms with E-state index in [4.69, 9.17) is 0 Å². The number of carbonyl (C=O) groups is 2. The molecule has 1 heterocycles. The van der Waals surface area contributed by atoms with Gasteiger partial charge in [-0.1, -0.05) is 13.8 Å². The predicted molar refractivity (Wildman–Crippen MR) is 84.5 cm³/mol. The summed E-state index contributed by atoms with van der Waals surface area (Å²) in [5.74, 6) is 0.115. The van der Waals surface area contributed by atoms with Crippen LogP contribution in [-0.2, 0) is 9.59 Å². The summed E-state index contributed by atoms with van der Waals surface area (Å²) < 4.78 is 0. The summed E-state index contributed by atoms with van der Waals surface area (Å²) in [5, 5.41) is 5.94. The van der Waals surface area contributed by atoms with Gasteiger partial charge in [-0.25, -0.2) is 0 Å². The zero-order chi connectivity index (χ0) is 15.4. The van der Waals surface area contributed by atoms with Crippen LogP contribution in [0.1, 0.15) is 32.3 Å². The maximum atomic E-state index is 11.8. The number of aryl methyl sites for hydroxylation is 1. The van der Waals surface area contributed by atoms with Gasteiger partial charge < -0.3 is 15.5 Å². The van der Waals surface area contributed by atoms with Crippen LogP contribution in [0.25, 0.3) is 0 Å². The zero-order valence-corrected chi connectivity index (χ0v) is 12.9. The highest BCUT2D eigenvalue weighted by molar-refractivity contribution is 5.97. The van der Waals surface area contributed by atoms with Crippen molar-refractivity contribution in [3.8, 4) is 0 Å². The molecule has 0 aromatic heterocycles. The summed E-state index contributed by atoms with van der Waals surface area (Å²) in [6, 6.07) is 5.94. The number of anilines is 2. The lowest BCUT2D eigenvalue weighted by Crippen LogP contribution is -2.32. The molecule has 1 aromatic carbocycles. The van der Waals surface area contributed by atoms with Crippen molar-refractivity contribution in [3.05, 3.63) is 23.8 Å². The van der Waals surface area contributed by atoms with Gasteiger partial charge in [-0.2, -0.15) is 0 Å². The molecule has 1 aromatic rings. The van der Waals surface area contributed by atoms with Gasteiger partial charge in [-0.3, -0.25) is 9.59 Å². The molecule has 0 radical (unpaired) electrons. The normalized spacial score (nSPS) is 14.9. The summed E-state index contributed by atoms with van der Waals surface area (Å²) in [6.07, 6.45) is 1.54. The molecule has 2 rings (SSSR count). The third-order valence-electron chi connectivity index (χ3n) is 3.52. The third kappa shape index (κ3) is 4.04. The Balaban J connectivity index is 2.02. The Labute approximate surface area is 125 Å². The number of nitrogens with one attached hydrogen (secondary N) is 2. The van der Waals surface area contributed by atoms with E-state index in [9.17, 15) is 9.59 Å². The van der Waals surface area contributed by atoms with Gasteiger partial charge in [-0.15, -0.1) is 0 Å². The smallest absolute Gasteiger partial charge is 0.238 e. The molecular weight excluding hydrogens is 266 g/mol. The van der Waals surface area contributed by atoms with E-state index < -0.39 is 0 Å². The van der Waals surface area contributed by atoms with Crippen LogP contribution in [0.4, 0.5) is 11.4 Å². The number of benzene rings is 1. The lowest BCUT2D eigenvalue weighted by molar-refractivity contribution is -0.117. The molecule has 2 amide bonds. The molecule has 0 unspecified atom stereocenters. The largest absolute Gasteiger partial charge is 0.325 e. The average molecular weight is 289 g/mol. The van der Waals surface area contributed by atoms with Crippen LogP contribution < -0.4 is 15.5 Å². The van der Waals surface area contributed by atoms with Crippen molar-refractivity contribution in [2.45, 2.75) is 39.7 Å². The predicted octanol–water partition coefficient (Wildman–Crippen LogP) is 2.06. The molecule has 1 aliphatic heterocycles. The van der Waals surface area contributed by atoms with Crippen LogP contribution in [0.15, 0.2) is 18.2 Å². The minimum absolute atomic E-state index is 0.0619. The van der Waals surface area contributed by atoms with E-state index in [0.29, 0.717) is 13.0 Å². The fraction of sp³-hybridized carbons (Fsp3) is 0.500. The highest BCUT2D eigenvalue weighted by Gasteiger charge is 2.22. The highest BCUT2D eigenvalue weighted by Crippen LogP contribution is 2.27. The SMILES string of the molecule is Cc1cc(NC(=O)CNC(C)C)ccc1N1CCCC1=O. The molecule has 114 valence electrons. The van der Waals surface area contributed by atoms with Crippen molar-refractivity contribution in [2.24, 2.45) is 0 Å². The summed E-state index contributed by atoms with van der Waals surface area (Å²) in [6.45, 7) is 7.04. The van der Waals surface area contributed by atoms with Gasteiger partial charge in [0.2, 0.25) is 11.8 Å². The lowest BCUT2D eigenvalue weighted by Gasteiger charge is -2.19. The van der Waals surface area contributed by atoms with Crippen LogP contribution in [0.2, 0.25) is 0 Å². The van der Waals surface area contributed by atoms with Gasteiger partial charge in [0.05, 0.1) is 6.54 Å². The van der Waals surface area contributed by atoms with Crippen molar-refractivity contribution in [1.82, 2.24) is 5.32 Å². The molecule has 1 aliphatic rings. The number of amides is 2. The number of carbonyl (C=O) groups excluding carboxylic acids is 2. The van der Waals surface area contributed by atoms with E-state index in [1.165, 1.54) is 0 Å². The zero-order valence-electron chi connectivity index (χ0n) is 12.9. The molecule has 21 heavy (non-hydrogen) atoms. The van der Waals surface area contributed by atoms with Crippen molar-refractivity contribution in [2.75, 3.05) is 23.3 Å². The molecule has 1 saturated heterocycles. The third-order valence-corrected chi connectivity index (χ3v) is 3.52. The summed E-state index contributed by atoms with van der Waals surface area (Å²) in [7, 11) is 0.